The summed E-state index contributed by atoms with van der Waals surface area (Å²) in [5.41, 5.74) is 1.60. The lowest BCUT2D eigenvalue weighted by atomic mass is 10.0. The summed E-state index contributed by atoms with van der Waals surface area (Å²) >= 11 is 0. The van der Waals surface area contributed by atoms with Crippen LogP contribution in [0.3, 0.4) is 0 Å². The molecule has 0 bridgehead atoms. The third-order valence-electron chi connectivity index (χ3n) is 6.05. The highest BCUT2D eigenvalue weighted by molar-refractivity contribution is 5.84. The van der Waals surface area contributed by atoms with Crippen molar-refractivity contribution < 1.29 is 9.84 Å². The number of hydrogen-bond donors (Lipinski definition) is 1. The summed E-state index contributed by atoms with van der Waals surface area (Å²) in [7, 11) is 0. The maximum absolute atomic E-state index is 9.71. The van der Waals surface area contributed by atoms with Gasteiger partial charge in [0.2, 0.25) is 0 Å². The Balaban J connectivity index is 1.45. The molecule has 0 spiro atoms. The van der Waals surface area contributed by atoms with Gasteiger partial charge in [-0.3, -0.25) is 0 Å². The molecule has 0 unspecified atom stereocenters. The minimum Gasteiger partial charge on any atom is -0.507 e. The minimum absolute atomic E-state index is 0.196. The summed E-state index contributed by atoms with van der Waals surface area (Å²) < 4.78 is 5.86. The van der Waals surface area contributed by atoms with Gasteiger partial charge in [-0.15, -0.1) is 0 Å². The van der Waals surface area contributed by atoms with Gasteiger partial charge >= 0.3 is 0 Å². The van der Waals surface area contributed by atoms with Crippen molar-refractivity contribution in [3.8, 4) is 11.5 Å². The fourth-order valence-corrected chi connectivity index (χ4v) is 3.93. The lowest BCUT2D eigenvalue weighted by molar-refractivity contribution is 0.304. The summed E-state index contributed by atoms with van der Waals surface area (Å²) in [6, 6.07) is 14.9. The van der Waals surface area contributed by atoms with Crippen molar-refractivity contribution in [3.05, 3.63) is 59.7 Å². The van der Waals surface area contributed by atoms with Crippen molar-refractivity contribution in [3.63, 3.8) is 0 Å². The third kappa shape index (κ3) is 13.2. The van der Waals surface area contributed by atoms with Gasteiger partial charge in [0.05, 0.1) is 19.0 Å². The van der Waals surface area contributed by atoms with E-state index in [0.717, 1.165) is 24.3 Å². The van der Waals surface area contributed by atoms with E-state index in [1.54, 1.807) is 30.6 Å². The maximum Gasteiger partial charge on any atom is 0.124 e. The summed E-state index contributed by atoms with van der Waals surface area (Å²) in [4.78, 5) is 0. The molecule has 34 heavy (non-hydrogen) atoms. The molecule has 0 atom stereocenters. The van der Waals surface area contributed by atoms with Gasteiger partial charge < -0.3 is 9.84 Å². The molecule has 0 fully saturated rings. The van der Waals surface area contributed by atoms with Crippen LogP contribution in [-0.2, 0) is 0 Å². The fourth-order valence-electron chi connectivity index (χ4n) is 3.93. The maximum atomic E-state index is 9.71. The molecule has 0 radical (unpaired) electrons. The van der Waals surface area contributed by atoms with E-state index < -0.39 is 0 Å². The Labute approximate surface area is 207 Å². The number of para-hydroxylation sites is 1. The largest absolute Gasteiger partial charge is 0.507 e. The monoisotopic (exact) mass is 464 g/mol. The second-order valence-electron chi connectivity index (χ2n) is 9.06. The summed E-state index contributed by atoms with van der Waals surface area (Å²) in [5, 5.41) is 17.7. The number of phenolic OH excluding ortho intramolecular Hbond substituents is 1. The van der Waals surface area contributed by atoms with Gasteiger partial charge in [0, 0.05) is 5.56 Å². The van der Waals surface area contributed by atoms with E-state index in [1.165, 1.54) is 83.5 Å². The lowest BCUT2D eigenvalue weighted by Crippen LogP contribution is -1.97. The molecule has 0 amide bonds. The topological polar surface area (TPSA) is 54.2 Å². The average molecular weight is 465 g/mol. The van der Waals surface area contributed by atoms with Crippen LogP contribution in [0, 0.1) is 0 Å². The molecule has 4 heteroatoms. The van der Waals surface area contributed by atoms with Crippen molar-refractivity contribution in [2.75, 3.05) is 6.61 Å². The number of ether oxygens (including phenoxy) is 1. The number of phenols is 1. The SMILES string of the molecule is CCCCCCCCCCCCCCCCOc1ccc(/C=N/N=C/c2ccccc2O)cc1. The molecular formula is C30H44N2O2. The summed E-state index contributed by atoms with van der Waals surface area (Å²) in [5.74, 6) is 1.09. The van der Waals surface area contributed by atoms with Gasteiger partial charge in [-0.1, -0.05) is 103 Å². The number of benzene rings is 2. The lowest BCUT2D eigenvalue weighted by Gasteiger charge is -2.06. The van der Waals surface area contributed by atoms with Gasteiger partial charge in [-0.05, 0) is 48.4 Å². The average Bonchev–Trinajstić information content (AvgIpc) is 2.86. The minimum atomic E-state index is 0.196. The number of nitrogens with zero attached hydrogens (tertiary/aromatic N) is 2. The third-order valence-corrected chi connectivity index (χ3v) is 6.05. The quantitative estimate of drug-likeness (QED) is 0.128. The zero-order valence-corrected chi connectivity index (χ0v) is 21.1. The first-order chi connectivity index (χ1) is 16.8. The molecule has 0 aliphatic heterocycles. The normalized spacial score (nSPS) is 11.6. The molecule has 2 aromatic carbocycles. The molecule has 186 valence electrons. The predicted octanol–water partition coefficient (Wildman–Crippen LogP) is 8.71. The Bertz CT molecular complexity index is 815. The summed E-state index contributed by atoms with van der Waals surface area (Å²) in [6.45, 7) is 3.06. The molecule has 0 heterocycles. The van der Waals surface area contributed by atoms with E-state index in [-0.39, 0.29) is 5.75 Å². The first kappa shape index (κ1) is 27.6. The first-order valence-corrected chi connectivity index (χ1v) is 13.4. The predicted molar refractivity (Wildman–Crippen MR) is 146 cm³/mol. The molecule has 0 aromatic heterocycles. The van der Waals surface area contributed by atoms with Crippen LogP contribution in [0.4, 0.5) is 0 Å². The molecule has 4 nitrogen and oxygen atoms in total. The standard InChI is InChI=1S/C30H44N2O2/c1-2-3-4-5-6-7-8-9-10-11-12-13-14-17-24-34-29-22-20-27(21-23-29)25-31-32-26-28-18-15-16-19-30(28)33/h15-16,18-23,25-26,33H,2-14,17,24H2,1H3/b31-25+,32-26+. The second-order valence-corrected chi connectivity index (χ2v) is 9.06. The molecule has 0 aliphatic rings. The molecule has 0 saturated heterocycles. The van der Waals surface area contributed by atoms with E-state index in [2.05, 4.69) is 17.1 Å². The molecule has 2 rings (SSSR count). The highest BCUT2D eigenvalue weighted by atomic mass is 16.5. The Kier molecular flexibility index (Phi) is 15.2. The number of unbranched alkanes of at least 4 members (excludes halogenated alkanes) is 13. The fraction of sp³-hybridized carbons (Fsp3) is 0.533. The van der Waals surface area contributed by atoms with Crippen molar-refractivity contribution in [1.82, 2.24) is 0 Å². The van der Waals surface area contributed by atoms with E-state index in [9.17, 15) is 5.11 Å². The molecule has 0 saturated carbocycles. The molecular weight excluding hydrogens is 420 g/mol. The first-order valence-electron chi connectivity index (χ1n) is 13.4. The van der Waals surface area contributed by atoms with E-state index >= 15 is 0 Å². The highest BCUT2D eigenvalue weighted by Crippen LogP contribution is 2.15. The van der Waals surface area contributed by atoms with Crippen LogP contribution in [0.15, 0.2) is 58.7 Å². The van der Waals surface area contributed by atoms with Crippen molar-refractivity contribution in [1.29, 1.82) is 0 Å². The molecule has 2 aromatic rings. The van der Waals surface area contributed by atoms with Crippen molar-refractivity contribution in [2.24, 2.45) is 10.2 Å². The number of hydrogen-bond acceptors (Lipinski definition) is 4. The van der Waals surface area contributed by atoms with Crippen LogP contribution in [0.1, 0.15) is 108 Å². The smallest absolute Gasteiger partial charge is 0.124 e. The number of aromatic hydroxyl groups is 1. The Morgan fingerprint density at radius 1 is 0.647 bits per heavy atom. The molecule has 1 N–H and O–H groups in total. The highest BCUT2D eigenvalue weighted by Gasteiger charge is 1.97. The van der Waals surface area contributed by atoms with Crippen LogP contribution in [0.2, 0.25) is 0 Å². The van der Waals surface area contributed by atoms with Crippen LogP contribution in [-0.4, -0.2) is 24.1 Å². The zero-order chi connectivity index (χ0) is 24.1. The van der Waals surface area contributed by atoms with E-state index in [1.807, 2.05) is 30.3 Å². The van der Waals surface area contributed by atoms with E-state index in [4.69, 9.17) is 4.74 Å². The van der Waals surface area contributed by atoms with Crippen molar-refractivity contribution in [2.45, 2.75) is 96.8 Å². The van der Waals surface area contributed by atoms with Crippen LogP contribution in [0.25, 0.3) is 0 Å². The molecule has 0 aliphatic carbocycles. The summed E-state index contributed by atoms with van der Waals surface area (Å²) in [6.07, 6.45) is 22.4. The van der Waals surface area contributed by atoms with Gasteiger partial charge in [-0.2, -0.15) is 10.2 Å². The second kappa shape index (κ2) is 18.8. The Morgan fingerprint density at radius 2 is 1.18 bits per heavy atom. The van der Waals surface area contributed by atoms with Gasteiger partial charge in [0.15, 0.2) is 0 Å². The van der Waals surface area contributed by atoms with Gasteiger partial charge in [0.25, 0.3) is 0 Å². The van der Waals surface area contributed by atoms with Gasteiger partial charge in [0.1, 0.15) is 11.5 Å². The Morgan fingerprint density at radius 3 is 1.76 bits per heavy atom. The van der Waals surface area contributed by atoms with E-state index in [0.29, 0.717) is 5.56 Å². The van der Waals surface area contributed by atoms with Crippen molar-refractivity contribution >= 4 is 12.4 Å². The zero-order valence-electron chi connectivity index (χ0n) is 21.1. The van der Waals surface area contributed by atoms with Crippen LogP contribution < -0.4 is 4.74 Å². The van der Waals surface area contributed by atoms with Gasteiger partial charge in [-0.25, -0.2) is 0 Å². The van der Waals surface area contributed by atoms with Crippen LogP contribution >= 0.6 is 0 Å². The number of rotatable bonds is 19. The Hall–Kier alpha value is -2.62. The van der Waals surface area contributed by atoms with Crippen LogP contribution in [0.5, 0.6) is 11.5 Å².